The van der Waals surface area contributed by atoms with E-state index in [2.05, 4.69) is 15.3 Å². The summed E-state index contributed by atoms with van der Waals surface area (Å²) in [6.07, 6.45) is 1.93. The first-order valence-corrected chi connectivity index (χ1v) is 9.26. The molecule has 1 aromatic carbocycles. The lowest BCUT2D eigenvalue weighted by Gasteiger charge is -2.15. The van der Waals surface area contributed by atoms with E-state index in [4.69, 9.17) is 23.2 Å². The van der Waals surface area contributed by atoms with Gasteiger partial charge < -0.3 is 5.32 Å². The van der Waals surface area contributed by atoms with Crippen LogP contribution in [0.4, 0.5) is 0 Å². The number of hydrogen-bond acceptors (Lipinski definition) is 4. The van der Waals surface area contributed by atoms with E-state index in [0.717, 1.165) is 22.0 Å². The Morgan fingerprint density at radius 2 is 2.12 bits per heavy atom. The van der Waals surface area contributed by atoms with Gasteiger partial charge in [0, 0.05) is 21.6 Å². The molecular formula is C18H15Cl2N3OS. The van der Waals surface area contributed by atoms with Crippen LogP contribution in [0.25, 0.3) is 10.7 Å². The van der Waals surface area contributed by atoms with Crippen LogP contribution in [-0.4, -0.2) is 15.9 Å². The molecule has 0 bridgehead atoms. The Morgan fingerprint density at radius 3 is 2.84 bits per heavy atom. The van der Waals surface area contributed by atoms with Gasteiger partial charge in [0.1, 0.15) is 5.01 Å². The fraction of sp³-hybridized carbons (Fsp3) is 0.167. The number of thiazole rings is 1. The Hall–Kier alpha value is -1.95. The molecule has 25 heavy (non-hydrogen) atoms. The van der Waals surface area contributed by atoms with Crippen molar-refractivity contribution < 1.29 is 4.79 Å². The minimum Gasteiger partial charge on any atom is -0.349 e. The molecule has 3 aromatic rings. The van der Waals surface area contributed by atoms with Crippen molar-refractivity contribution in [2.24, 2.45) is 0 Å². The highest BCUT2D eigenvalue weighted by atomic mass is 35.5. The smallest absolute Gasteiger partial charge is 0.226 e. The third-order valence-corrected chi connectivity index (χ3v) is 5.06. The molecule has 2 aromatic heterocycles. The maximum atomic E-state index is 12.3. The van der Waals surface area contributed by atoms with Crippen molar-refractivity contribution >= 4 is 40.4 Å². The van der Waals surface area contributed by atoms with Crippen LogP contribution < -0.4 is 5.32 Å². The third kappa shape index (κ3) is 4.57. The van der Waals surface area contributed by atoms with Gasteiger partial charge in [0.15, 0.2) is 0 Å². The molecule has 1 atom stereocenters. The summed E-state index contributed by atoms with van der Waals surface area (Å²) >= 11 is 13.6. The van der Waals surface area contributed by atoms with Crippen LogP contribution in [0.2, 0.25) is 10.0 Å². The van der Waals surface area contributed by atoms with Crippen LogP contribution in [-0.2, 0) is 11.2 Å². The number of aromatic nitrogens is 2. The fourth-order valence-corrected chi connectivity index (χ4v) is 3.75. The SMILES string of the molecule is CC(NC(=O)Cc1csc(-c2ccccn2)n1)c1ccc(Cl)cc1Cl. The van der Waals surface area contributed by atoms with E-state index < -0.39 is 0 Å². The summed E-state index contributed by atoms with van der Waals surface area (Å²) in [6.45, 7) is 1.88. The quantitative estimate of drug-likeness (QED) is 0.670. The molecule has 1 unspecified atom stereocenters. The standard InChI is InChI=1S/C18H15Cl2N3OS/c1-11(14-6-5-12(19)8-15(14)20)22-17(24)9-13-10-25-18(23-13)16-4-2-3-7-21-16/h2-8,10-11H,9H2,1H3,(H,22,24). The van der Waals surface area contributed by atoms with Crippen molar-refractivity contribution in [3.05, 3.63) is 69.3 Å². The predicted octanol–water partition coefficient (Wildman–Crippen LogP) is 4.93. The fourth-order valence-electron chi connectivity index (χ4n) is 2.38. The average molecular weight is 392 g/mol. The number of pyridine rings is 1. The molecule has 3 rings (SSSR count). The third-order valence-electron chi connectivity index (χ3n) is 3.58. The average Bonchev–Trinajstić information content (AvgIpc) is 3.03. The number of rotatable bonds is 5. The Morgan fingerprint density at radius 1 is 1.28 bits per heavy atom. The van der Waals surface area contributed by atoms with E-state index >= 15 is 0 Å². The zero-order valence-electron chi connectivity index (χ0n) is 13.4. The number of nitrogens with one attached hydrogen (secondary N) is 1. The van der Waals surface area contributed by atoms with Gasteiger partial charge in [0.05, 0.1) is 23.9 Å². The molecule has 4 nitrogen and oxygen atoms in total. The largest absolute Gasteiger partial charge is 0.349 e. The molecule has 0 saturated heterocycles. The van der Waals surface area contributed by atoms with Gasteiger partial charge in [-0.05, 0) is 36.8 Å². The van der Waals surface area contributed by atoms with Crippen LogP contribution in [0, 0.1) is 0 Å². The number of nitrogens with zero attached hydrogens (tertiary/aromatic N) is 2. The summed E-state index contributed by atoms with van der Waals surface area (Å²) in [5.74, 6) is -0.114. The van der Waals surface area contributed by atoms with Gasteiger partial charge in [-0.25, -0.2) is 4.98 Å². The Bertz CT molecular complexity index is 883. The maximum Gasteiger partial charge on any atom is 0.226 e. The van der Waals surface area contributed by atoms with Gasteiger partial charge in [-0.2, -0.15) is 0 Å². The van der Waals surface area contributed by atoms with Gasteiger partial charge in [-0.15, -0.1) is 11.3 Å². The number of amides is 1. The molecule has 0 saturated carbocycles. The predicted molar refractivity (Wildman–Crippen MR) is 102 cm³/mol. The minimum absolute atomic E-state index is 0.114. The first kappa shape index (κ1) is 17.9. The van der Waals surface area contributed by atoms with Gasteiger partial charge >= 0.3 is 0 Å². The molecule has 0 spiro atoms. The van der Waals surface area contributed by atoms with Crippen molar-refractivity contribution in [3.63, 3.8) is 0 Å². The lowest BCUT2D eigenvalue weighted by molar-refractivity contribution is -0.121. The van der Waals surface area contributed by atoms with Crippen LogP contribution in [0.15, 0.2) is 48.0 Å². The van der Waals surface area contributed by atoms with Crippen LogP contribution in [0.5, 0.6) is 0 Å². The zero-order chi connectivity index (χ0) is 17.8. The highest BCUT2D eigenvalue weighted by Gasteiger charge is 2.15. The summed E-state index contributed by atoms with van der Waals surface area (Å²) in [6, 6.07) is 10.7. The molecule has 0 aliphatic heterocycles. The molecule has 2 heterocycles. The number of halogens is 2. The van der Waals surface area contributed by atoms with Crippen LogP contribution in [0.3, 0.4) is 0 Å². The Labute approximate surface area is 159 Å². The van der Waals surface area contributed by atoms with E-state index in [0.29, 0.717) is 10.0 Å². The molecule has 0 fully saturated rings. The summed E-state index contributed by atoms with van der Waals surface area (Å²) in [5.41, 5.74) is 2.35. The van der Waals surface area contributed by atoms with Crippen LogP contribution in [0.1, 0.15) is 24.2 Å². The van der Waals surface area contributed by atoms with E-state index in [9.17, 15) is 4.79 Å². The topological polar surface area (TPSA) is 54.9 Å². The van der Waals surface area contributed by atoms with Crippen molar-refractivity contribution in [1.29, 1.82) is 0 Å². The number of benzene rings is 1. The Balaban J connectivity index is 1.64. The molecule has 0 aliphatic carbocycles. The normalized spacial score (nSPS) is 12.0. The molecule has 1 amide bonds. The van der Waals surface area contributed by atoms with E-state index in [-0.39, 0.29) is 18.4 Å². The monoisotopic (exact) mass is 391 g/mol. The number of carbonyl (C=O) groups is 1. The van der Waals surface area contributed by atoms with Crippen LogP contribution >= 0.6 is 34.5 Å². The molecule has 1 N–H and O–H groups in total. The molecule has 7 heteroatoms. The van der Waals surface area contributed by atoms with Gasteiger partial charge in [-0.3, -0.25) is 9.78 Å². The van der Waals surface area contributed by atoms with E-state index in [1.54, 1.807) is 18.3 Å². The highest BCUT2D eigenvalue weighted by molar-refractivity contribution is 7.13. The summed E-state index contributed by atoms with van der Waals surface area (Å²) < 4.78 is 0. The number of carbonyl (C=O) groups excluding carboxylic acids is 1. The first-order valence-electron chi connectivity index (χ1n) is 7.63. The van der Waals surface area contributed by atoms with E-state index in [1.807, 2.05) is 36.6 Å². The summed E-state index contributed by atoms with van der Waals surface area (Å²) in [7, 11) is 0. The second-order valence-corrected chi connectivity index (χ2v) is 7.19. The molecule has 0 aliphatic rings. The second-order valence-electron chi connectivity index (χ2n) is 5.49. The first-order chi connectivity index (χ1) is 12.0. The second kappa shape index (κ2) is 7.95. The molecular weight excluding hydrogens is 377 g/mol. The van der Waals surface area contributed by atoms with Gasteiger partial charge in [0.2, 0.25) is 5.91 Å². The lowest BCUT2D eigenvalue weighted by Crippen LogP contribution is -2.28. The summed E-state index contributed by atoms with van der Waals surface area (Å²) in [4.78, 5) is 21.0. The van der Waals surface area contributed by atoms with Crippen molar-refractivity contribution in [1.82, 2.24) is 15.3 Å². The molecule has 128 valence electrons. The van der Waals surface area contributed by atoms with E-state index in [1.165, 1.54) is 11.3 Å². The number of hydrogen-bond donors (Lipinski definition) is 1. The minimum atomic E-state index is -0.217. The highest BCUT2D eigenvalue weighted by Crippen LogP contribution is 2.26. The van der Waals surface area contributed by atoms with Gasteiger partial charge in [-0.1, -0.05) is 35.3 Å². The van der Waals surface area contributed by atoms with Crippen molar-refractivity contribution in [3.8, 4) is 10.7 Å². The van der Waals surface area contributed by atoms with Crippen molar-refractivity contribution in [2.45, 2.75) is 19.4 Å². The van der Waals surface area contributed by atoms with Gasteiger partial charge in [0.25, 0.3) is 0 Å². The zero-order valence-corrected chi connectivity index (χ0v) is 15.7. The maximum absolute atomic E-state index is 12.3. The molecule has 0 radical (unpaired) electrons. The Kier molecular flexibility index (Phi) is 5.68. The summed E-state index contributed by atoms with van der Waals surface area (Å²) in [5, 5.41) is 6.72. The van der Waals surface area contributed by atoms with Crippen molar-refractivity contribution in [2.75, 3.05) is 0 Å². The lowest BCUT2D eigenvalue weighted by atomic mass is 10.1.